The third-order valence-electron chi connectivity index (χ3n) is 3.26. The smallest absolute Gasteiger partial charge is 0.263 e. The fourth-order valence-electron chi connectivity index (χ4n) is 2.12. The Morgan fingerprint density at radius 1 is 1.30 bits per heavy atom. The Balaban J connectivity index is 2.59. The maximum Gasteiger partial charge on any atom is 0.263 e. The van der Waals surface area contributed by atoms with Gasteiger partial charge in [0.25, 0.3) is 6.43 Å². The normalized spacial score (nSPS) is 13.8. The zero-order valence-corrected chi connectivity index (χ0v) is 13.2. The molecule has 0 spiro atoms. The number of aromatic nitrogens is 2. The van der Waals surface area contributed by atoms with Crippen LogP contribution in [-0.4, -0.2) is 34.1 Å². The van der Waals surface area contributed by atoms with Crippen LogP contribution in [-0.2, 0) is 0 Å². The molecule has 0 amide bonds. The molecular formula is C14H12BrF3N4O. The summed E-state index contributed by atoms with van der Waals surface area (Å²) in [4.78, 5) is 0. The lowest BCUT2D eigenvalue weighted by atomic mass is 10.1. The van der Waals surface area contributed by atoms with Gasteiger partial charge in [-0.2, -0.15) is 10.4 Å². The predicted octanol–water partition coefficient (Wildman–Crippen LogP) is 2.90. The number of alkyl halides is 3. The summed E-state index contributed by atoms with van der Waals surface area (Å²) in [5.74, 6) is -0.369. The molecule has 0 aliphatic rings. The quantitative estimate of drug-likeness (QED) is 0.823. The van der Waals surface area contributed by atoms with E-state index < -0.39 is 25.2 Å². The largest absolute Gasteiger partial charge is 0.393 e. The van der Waals surface area contributed by atoms with Crippen molar-refractivity contribution < 1.29 is 18.3 Å². The van der Waals surface area contributed by atoms with Crippen molar-refractivity contribution in [3.8, 4) is 17.3 Å². The van der Waals surface area contributed by atoms with Crippen molar-refractivity contribution in [1.82, 2.24) is 9.78 Å². The van der Waals surface area contributed by atoms with Gasteiger partial charge in [0.2, 0.25) is 0 Å². The van der Waals surface area contributed by atoms with Crippen molar-refractivity contribution in [1.29, 1.82) is 5.26 Å². The van der Waals surface area contributed by atoms with Crippen LogP contribution in [0.4, 0.5) is 19.0 Å². The first-order valence-corrected chi connectivity index (χ1v) is 7.27. The average molecular weight is 389 g/mol. The molecule has 0 saturated carbocycles. The maximum absolute atomic E-state index is 13.7. The molecule has 122 valence electrons. The minimum Gasteiger partial charge on any atom is -0.393 e. The van der Waals surface area contributed by atoms with Crippen molar-refractivity contribution in [2.75, 3.05) is 12.3 Å². The fraction of sp³-hybridized carbons (Fsp3) is 0.286. The van der Waals surface area contributed by atoms with Crippen molar-refractivity contribution in [2.24, 2.45) is 0 Å². The van der Waals surface area contributed by atoms with E-state index in [-0.39, 0.29) is 17.1 Å². The molecule has 9 heteroatoms. The number of aliphatic hydroxyl groups is 1. The number of nitrogens with two attached hydrogens (primary N) is 1. The number of nitrogen functional groups attached to an aromatic ring is 1. The van der Waals surface area contributed by atoms with Gasteiger partial charge in [0.05, 0.1) is 6.61 Å². The molecule has 1 heterocycles. The highest BCUT2D eigenvalue weighted by atomic mass is 79.9. The van der Waals surface area contributed by atoms with Gasteiger partial charge in [0, 0.05) is 10.0 Å². The van der Waals surface area contributed by atoms with Crippen LogP contribution in [0.15, 0.2) is 28.7 Å². The van der Waals surface area contributed by atoms with Crippen LogP contribution in [0.3, 0.4) is 0 Å². The van der Waals surface area contributed by atoms with E-state index >= 15 is 0 Å². The standard InChI is InChI=1S/C14H12BrF3N4O/c15-8-3-1-7(2-4-8)11-9(5-19)14(20)22(21-11)12(13(17)18)10(16)6-23/h1-4,10,12-13,23H,6,20H2. The SMILES string of the molecule is N#Cc1c(-c2ccc(Br)cc2)nn(C(C(F)F)C(F)CO)c1N. The summed E-state index contributed by atoms with van der Waals surface area (Å²) < 4.78 is 41.3. The summed E-state index contributed by atoms with van der Waals surface area (Å²) in [6, 6.07) is 6.33. The van der Waals surface area contributed by atoms with E-state index in [9.17, 15) is 18.4 Å². The highest BCUT2D eigenvalue weighted by molar-refractivity contribution is 9.10. The first-order valence-electron chi connectivity index (χ1n) is 6.47. The number of nitrogens with zero attached hydrogens (tertiary/aromatic N) is 3. The number of benzene rings is 1. The molecule has 0 radical (unpaired) electrons. The molecule has 0 fully saturated rings. The first-order chi connectivity index (χ1) is 10.9. The van der Waals surface area contributed by atoms with Crippen LogP contribution in [0.2, 0.25) is 0 Å². The Kier molecular flexibility index (Phi) is 5.28. The minimum absolute atomic E-state index is 0.0771. The number of halogens is 4. The van der Waals surface area contributed by atoms with Crippen LogP contribution >= 0.6 is 15.9 Å². The van der Waals surface area contributed by atoms with Gasteiger partial charge in [-0.15, -0.1) is 0 Å². The Hall–Kier alpha value is -2.05. The summed E-state index contributed by atoms with van der Waals surface area (Å²) in [6.45, 7) is -1.11. The Morgan fingerprint density at radius 3 is 2.39 bits per heavy atom. The van der Waals surface area contributed by atoms with E-state index in [4.69, 9.17) is 10.8 Å². The number of aliphatic hydroxyl groups excluding tert-OH is 1. The van der Waals surface area contributed by atoms with Crippen molar-refractivity contribution >= 4 is 21.7 Å². The topological polar surface area (TPSA) is 87.9 Å². The Labute approximate surface area is 138 Å². The van der Waals surface area contributed by atoms with Gasteiger partial charge in [0.1, 0.15) is 29.2 Å². The van der Waals surface area contributed by atoms with E-state index in [1.807, 2.05) is 0 Å². The molecule has 2 atom stereocenters. The lowest BCUT2D eigenvalue weighted by molar-refractivity contribution is 0.0103. The van der Waals surface area contributed by atoms with Gasteiger partial charge in [-0.05, 0) is 12.1 Å². The van der Waals surface area contributed by atoms with E-state index in [0.29, 0.717) is 10.2 Å². The van der Waals surface area contributed by atoms with Crippen LogP contribution in [0, 0.1) is 11.3 Å². The van der Waals surface area contributed by atoms with Crippen LogP contribution in [0.5, 0.6) is 0 Å². The molecule has 0 aliphatic carbocycles. The van der Waals surface area contributed by atoms with Crippen LogP contribution in [0.1, 0.15) is 11.6 Å². The molecule has 1 aromatic heterocycles. The van der Waals surface area contributed by atoms with Crippen molar-refractivity contribution in [3.05, 3.63) is 34.3 Å². The van der Waals surface area contributed by atoms with Crippen molar-refractivity contribution in [2.45, 2.75) is 18.6 Å². The number of nitriles is 1. The molecule has 2 unspecified atom stereocenters. The molecule has 2 rings (SSSR count). The summed E-state index contributed by atoms with van der Waals surface area (Å²) in [7, 11) is 0. The van der Waals surface area contributed by atoms with Crippen molar-refractivity contribution in [3.63, 3.8) is 0 Å². The number of hydrogen-bond donors (Lipinski definition) is 2. The molecule has 5 nitrogen and oxygen atoms in total. The lowest BCUT2D eigenvalue weighted by Crippen LogP contribution is -2.31. The van der Waals surface area contributed by atoms with Gasteiger partial charge >= 0.3 is 0 Å². The summed E-state index contributed by atoms with van der Waals surface area (Å²) >= 11 is 3.25. The predicted molar refractivity (Wildman–Crippen MR) is 81.5 cm³/mol. The average Bonchev–Trinajstić information content (AvgIpc) is 2.84. The Bertz CT molecular complexity index is 727. The molecular weight excluding hydrogens is 377 g/mol. The number of anilines is 1. The second-order valence-electron chi connectivity index (χ2n) is 4.70. The molecule has 3 N–H and O–H groups in total. The minimum atomic E-state index is -3.15. The zero-order chi connectivity index (χ0) is 17.1. The Morgan fingerprint density at radius 2 is 1.91 bits per heavy atom. The van der Waals surface area contributed by atoms with E-state index in [2.05, 4.69) is 21.0 Å². The molecule has 1 aromatic carbocycles. The molecule has 0 bridgehead atoms. The van der Waals surface area contributed by atoms with Gasteiger partial charge in [-0.1, -0.05) is 28.1 Å². The van der Waals surface area contributed by atoms with Gasteiger partial charge in [0.15, 0.2) is 6.17 Å². The summed E-state index contributed by atoms with van der Waals surface area (Å²) in [6.07, 6.45) is -5.41. The first kappa shape index (κ1) is 17.3. The van der Waals surface area contributed by atoms with E-state index in [1.54, 1.807) is 30.3 Å². The maximum atomic E-state index is 13.7. The third-order valence-corrected chi connectivity index (χ3v) is 3.79. The second-order valence-corrected chi connectivity index (χ2v) is 5.61. The van der Waals surface area contributed by atoms with E-state index in [0.717, 1.165) is 4.47 Å². The fourth-order valence-corrected chi connectivity index (χ4v) is 2.38. The summed E-state index contributed by atoms with van der Waals surface area (Å²) in [5.41, 5.74) is 6.13. The van der Waals surface area contributed by atoms with Gasteiger partial charge in [-0.3, -0.25) is 0 Å². The number of hydrogen-bond acceptors (Lipinski definition) is 4. The number of rotatable bonds is 5. The molecule has 2 aromatic rings. The van der Waals surface area contributed by atoms with Crippen LogP contribution in [0.25, 0.3) is 11.3 Å². The van der Waals surface area contributed by atoms with E-state index in [1.165, 1.54) is 0 Å². The lowest BCUT2D eigenvalue weighted by Gasteiger charge is -2.20. The van der Waals surface area contributed by atoms with Gasteiger partial charge in [-0.25, -0.2) is 17.9 Å². The molecule has 0 aliphatic heterocycles. The summed E-state index contributed by atoms with van der Waals surface area (Å²) in [5, 5.41) is 21.9. The molecule has 0 saturated heterocycles. The monoisotopic (exact) mass is 388 g/mol. The third kappa shape index (κ3) is 3.33. The highest BCUT2D eigenvalue weighted by Gasteiger charge is 2.35. The zero-order valence-electron chi connectivity index (χ0n) is 11.6. The highest BCUT2D eigenvalue weighted by Crippen LogP contribution is 2.33. The van der Waals surface area contributed by atoms with Gasteiger partial charge < -0.3 is 10.8 Å². The van der Waals surface area contributed by atoms with Crippen LogP contribution < -0.4 is 5.73 Å². The molecule has 23 heavy (non-hydrogen) atoms. The second kappa shape index (κ2) is 7.02.